The summed E-state index contributed by atoms with van der Waals surface area (Å²) < 4.78 is 19.1. The highest BCUT2D eigenvalue weighted by molar-refractivity contribution is 5.16. The Morgan fingerprint density at radius 1 is 1.17 bits per heavy atom. The number of nitrogens with zero attached hydrogens (tertiary/aromatic N) is 1. The number of hydrogen-bond donors (Lipinski definition) is 0. The van der Waals surface area contributed by atoms with Crippen molar-refractivity contribution in [2.24, 2.45) is 5.41 Å². The van der Waals surface area contributed by atoms with Gasteiger partial charge in [-0.25, -0.2) is 4.39 Å². The van der Waals surface area contributed by atoms with E-state index in [-0.39, 0.29) is 11.4 Å². The van der Waals surface area contributed by atoms with Crippen LogP contribution in [0.25, 0.3) is 0 Å². The summed E-state index contributed by atoms with van der Waals surface area (Å²) >= 11 is 0. The van der Waals surface area contributed by atoms with E-state index < -0.39 is 0 Å². The number of rotatable bonds is 3. The molecule has 0 bridgehead atoms. The Bertz CT molecular complexity index is 511. The number of ether oxygens (including phenoxy) is 1. The third-order valence-corrected chi connectivity index (χ3v) is 5.73. The predicted molar refractivity (Wildman–Crippen MR) is 92.1 cm³/mol. The van der Waals surface area contributed by atoms with Crippen LogP contribution < -0.4 is 0 Å². The number of benzene rings is 1. The van der Waals surface area contributed by atoms with Crippen molar-refractivity contribution in [3.05, 3.63) is 35.6 Å². The quantitative estimate of drug-likeness (QED) is 0.817. The summed E-state index contributed by atoms with van der Waals surface area (Å²) in [5.41, 5.74) is 1.90. The first-order valence-corrected chi connectivity index (χ1v) is 8.98. The van der Waals surface area contributed by atoms with Crippen LogP contribution in [0, 0.1) is 11.2 Å². The Morgan fingerprint density at radius 2 is 1.83 bits per heavy atom. The minimum atomic E-state index is -0.157. The molecule has 2 aliphatic heterocycles. The highest BCUT2D eigenvalue weighted by Gasteiger charge is 2.43. The van der Waals surface area contributed by atoms with Crippen molar-refractivity contribution in [2.45, 2.75) is 64.5 Å². The molecule has 0 aromatic heterocycles. The van der Waals surface area contributed by atoms with Crippen LogP contribution in [-0.4, -0.2) is 36.2 Å². The van der Waals surface area contributed by atoms with Gasteiger partial charge in [0.1, 0.15) is 5.82 Å². The average molecular weight is 319 g/mol. The third-order valence-electron chi connectivity index (χ3n) is 5.73. The highest BCUT2D eigenvalue weighted by atomic mass is 19.1. The summed E-state index contributed by atoms with van der Waals surface area (Å²) in [7, 11) is 0. The summed E-state index contributed by atoms with van der Waals surface area (Å²) in [4.78, 5) is 2.60. The first-order chi connectivity index (χ1) is 10.9. The van der Waals surface area contributed by atoms with E-state index in [4.69, 9.17) is 4.74 Å². The zero-order chi connectivity index (χ0) is 16.5. The van der Waals surface area contributed by atoms with E-state index in [0.29, 0.717) is 11.5 Å². The molecule has 2 nitrogen and oxygen atoms in total. The predicted octanol–water partition coefficient (Wildman–Crippen LogP) is 4.43. The first kappa shape index (κ1) is 16.9. The Balaban J connectivity index is 1.48. The zero-order valence-electron chi connectivity index (χ0n) is 14.8. The van der Waals surface area contributed by atoms with E-state index >= 15 is 0 Å². The molecule has 1 aromatic carbocycles. The molecule has 2 saturated heterocycles. The van der Waals surface area contributed by atoms with E-state index in [9.17, 15) is 4.39 Å². The van der Waals surface area contributed by atoms with Crippen LogP contribution in [0.2, 0.25) is 0 Å². The molecule has 2 heterocycles. The van der Waals surface area contributed by atoms with Gasteiger partial charge in [0, 0.05) is 5.54 Å². The van der Waals surface area contributed by atoms with E-state index in [0.717, 1.165) is 19.4 Å². The lowest BCUT2D eigenvalue weighted by atomic mass is 9.75. The second kappa shape index (κ2) is 6.52. The summed E-state index contributed by atoms with van der Waals surface area (Å²) in [6.07, 6.45) is 6.13. The Labute approximate surface area is 140 Å². The maximum Gasteiger partial charge on any atom is 0.123 e. The molecule has 3 rings (SSSR count). The second-order valence-electron chi connectivity index (χ2n) is 8.46. The lowest BCUT2D eigenvalue weighted by Gasteiger charge is -2.44. The summed E-state index contributed by atoms with van der Waals surface area (Å²) in [6.45, 7) is 10.2. The fourth-order valence-corrected chi connectivity index (χ4v) is 4.06. The topological polar surface area (TPSA) is 12.5 Å². The Morgan fingerprint density at radius 3 is 2.43 bits per heavy atom. The fourth-order valence-electron chi connectivity index (χ4n) is 4.06. The molecule has 3 heteroatoms. The molecule has 128 valence electrons. The van der Waals surface area contributed by atoms with Gasteiger partial charge in [0.05, 0.1) is 12.7 Å². The van der Waals surface area contributed by atoms with Gasteiger partial charge in [-0.1, -0.05) is 12.1 Å². The molecule has 23 heavy (non-hydrogen) atoms. The van der Waals surface area contributed by atoms with Crippen molar-refractivity contribution < 1.29 is 9.13 Å². The maximum atomic E-state index is 13.0. The molecule has 0 saturated carbocycles. The monoisotopic (exact) mass is 319 g/mol. The fraction of sp³-hybridized carbons (Fsp3) is 0.700. The van der Waals surface area contributed by atoms with Gasteiger partial charge in [-0.05, 0) is 89.1 Å². The Kier molecular flexibility index (Phi) is 4.80. The molecular formula is C20H30FNO. The normalized spacial score (nSPS) is 25.1. The molecule has 0 aliphatic carbocycles. The lowest BCUT2D eigenvalue weighted by molar-refractivity contribution is 0.0303. The molecule has 1 aromatic rings. The average Bonchev–Trinajstić information content (AvgIpc) is 2.89. The van der Waals surface area contributed by atoms with Gasteiger partial charge in [0.25, 0.3) is 0 Å². The van der Waals surface area contributed by atoms with E-state index in [1.54, 1.807) is 12.1 Å². The van der Waals surface area contributed by atoms with Crippen molar-refractivity contribution in [1.82, 2.24) is 4.90 Å². The van der Waals surface area contributed by atoms with Crippen molar-refractivity contribution in [2.75, 3.05) is 19.7 Å². The van der Waals surface area contributed by atoms with Gasteiger partial charge in [-0.3, -0.25) is 4.90 Å². The molecule has 2 aliphatic rings. The molecule has 1 atom stereocenters. The number of hydrogen-bond acceptors (Lipinski definition) is 2. The molecular weight excluding hydrogens is 289 g/mol. The zero-order valence-corrected chi connectivity index (χ0v) is 14.8. The molecule has 2 fully saturated rings. The van der Waals surface area contributed by atoms with Crippen molar-refractivity contribution >= 4 is 0 Å². The second-order valence-corrected chi connectivity index (χ2v) is 8.46. The van der Waals surface area contributed by atoms with Crippen LogP contribution in [-0.2, 0) is 11.2 Å². The smallest absolute Gasteiger partial charge is 0.123 e. The van der Waals surface area contributed by atoms with E-state index in [1.165, 1.54) is 37.9 Å². The molecule has 0 N–H and O–H groups in total. The summed E-state index contributed by atoms with van der Waals surface area (Å²) in [5, 5.41) is 0. The van der Waals surface area contributed by atoms with Crippen LogP contribution in [0.1, 0.15) is 52.0 Å². The first-order valence-electron chi connectivity index (χ1n) is 8.98. The van der Waals surface area contributed by atoms with Gasteiger partial charge in [0.15, 0.2) is 0 Å². The maximum absolute atomic E-state index is 13.0. The summed E-state index contributed by atoms with van der Waals surface area (Å²) in [6, 6.07) is 6.88. The van der Waals surface area contributed by atoms with Crippen LogP contribution in [0.4, 0.5) is 4.39 Å². The molecule has 1 spiro atoms. The number of piperidine rings is 1. The Hall–Kier alpha value is -0.930. The summed E-state index contributed by atoms with van der Waals surface area (Å²) in [5.74, 6) is -0.157. The molecule has 1 unspecified atom stereocenters. The van der Waals surface area contributed by atoms with Crippen LogP contribution in [0.5, 0.6) is 0 Å². The van der Waals surface area contributed by atoms with Crippen molar-refractivity contribution in [1.29, 1.82) is 0 Å². The van der Waals surface area contributed by atoms with Gasteiger partial charge >= 0.3 is 0 Å². The van der Waals surface area contributed by atoms with Gasteiger partial charge in [0.2, 0.25) is 0 Å². The number of likely N-dealkylation sites (tertiary alicyclic amines) is 1. The standard InChI is InChI=1S/C20H30FNO/c1-19(2,3)22-12-10-20(11-13-22)14-18(23-15-20)9-6-16-4-7-17(21)8-5-16/h4-5,7-8,18H,6,9-15H2,1-3H3. The largest absolute Gasteiger partial charge is 0.378 e. The number of aryl methyl sites for hydroxylation is 1. The molecule has 0 radical (unpaired) electrons. The van der Waals surface area contributed by atoms with Crippen LogP contribution in [0.15, 0.2) is 24.3 Å². The van der Waals surface area contributed by atoms with E-state index in [2.05, 4.69) is 25.7 Å². The van der Waals surface area contributed by atoms with E-state index in [1.807, 2.05) is 12.1 Å². The van der Waals surface area contributed by atoms with Gasteiger partial charge < -0.3 is 4.74 Å². The lowest BCUT2D eigenvalue weighted by Crippen LogP contribution is -2.49. The highest BCUT2D eigenvalue weighted by Crippen LogP contribution is 2.43. The molecule has 0 amide bonds. The van der Waals surface area contributed by atoms with Gasteiger partial charge in [-0.15, -0.1) is 0 Å². The minimum Gasteiger partial charge on any atom is -0.378 e. The number of halogens is 1. The van der Waals surface area contributed by atoms with Crippen LogP contribution in [0.3, 0.4) is 0 Å². The van der Waals surface area contributed by atoms with Gasteiger partial charge in [-0.2, -0.15) is 0 Å². The SMILES string of the molecule is CC(C)(C)N1CCC2(CC1)COC(CCc1ccc(F)cc1)C2. The van der Waals surface area contributed by atoms with Crippen LogP contribution >= 0.6 is 0 Å². The van der Waals surface area contributed by atoms with Crippen molar-refractivity contribution in [3.63, 3.8) is 0 Å². The van der Waals surface area contributed by atoms with Crippen molar-refractivity contribution in [3.8, 4) is 0 Å². The minimum absolute atomic E-state index is 0.157. The third kappa shape index (κ3) is 4.13.